The van der Waals surface area contributed by atoms with Gasteiger partial charge >= 0.3 is 6.09 Å². The van der Waals surface area contributed by atoms with E-state index in [9.17, 15) is 18.0 Å². The van der Waals surface area contributed by atoms with Gasteiger partial charge in [0.25, 0.3) is 0 Å². The number of imidazole rings is 1. The summed E-state index contributed by atoms with van der Waals surface area (Å²) < 4.78 is 36.9. The number of aromatic amines is 1. The van der Waals surface area contributed by atoms with Crippen LogP contribution in [-0.2, 0) is 30.9 Å². The lowest BCUT2D eigenvalue weighted by Gasteiger charge is -2.29. The van der Waals surface area contributed by atoms with Gasteiger partial charge in [-0.05, 0) is 58.4 Å². The monoisotopic (exact) mass is 561 g/mol. The Bertz CT molecular complexity index is 1380. The van der Waals surface area contributed by atoms with Crippen molar-refractivity contribution >= 4 is 38.7 Å². The number of sulfonamides is 1. The summed E-state index contributed by atoms with van der Waals surface area (Å²) in [5.41, 5.74) is 0.460. The second-order valence-corrected chi connectivity index (χ2v) is 12.3. The fraction of sp³-hybridized carbons (Fsp3) is 0.444. The highest BCUT2D eigenvalue weighted by molar-refractivity contribution is 7.92. The molecular weight excluding hydrogens is 522 g/mol. The number of hydrogen-bond donors (Lipinski definition) is 4. The molecule has 11 nitrogen and oxygen atoms in total. The van der Waals surface area contributed by atoms with Crippen LogP contribution in [-0.4, -0.2) is 54.4 Å². The summed E-state index contributed by atoms with van der Waals surface area (Å²) in [5.74, 6) is -0.0671. The molecule has 3 rings (SSSR count). The van der Waals surface area contributed by atoms with Crippen LogP contribution in [0.1, 0.15) is 59.5 Å². The molecule has 2 amide bonds. The number of anilines is 1. The van der Waals surface area contributed by atoms with Gasteiger partial charge in [-0.3, -0.25) is 9.52 Å². The number of nitrogens with zero attached hydrogens (tertiary/aromatic N) is 1. The fourth-order valence-corrected chi connectivity index (χ4v) is 4.04. The van der Waals surface area contributed by atoms with Crippen LogP contribution < -0.4 is 15.4 Å². The quantitative estimate of drug-likeness (QED) is 0.289. The fourth-order valence-electron chi connectivity index (χ4n) is 3.48. The number of carbonyl (C=O) groups excluding carboxylic acids is 2. The number of hydrogen-bond acceptors (Lipinski definition) is 7. The minimum Gasteiger partial charge on any atom is -0.444 e. The number of benzene rings is 2. The number of ether oxygens (including phenoxy) is 2. The van der Waals surface area contributed by atoms with E-state index in [-0.39, 0.29) is 14.0 Å². The van der Waals surface area contributed by atoms with Crippen molar-refractivity contribution in [1.29, 1.82) is 0 Å². The molecule has 0 fully saturated rings. The Kier molecular flexibility index (Phi) is 10.1. The van der Waals surface area contributed by atoms with Gasteiger partial charge in [-0.2, -0.15) is 0 Å². The van der Waals surface area contributed by atoms with Gasteiger partial charge in [0.2, 0.25) is 15.9 Å². The minimum absolute atomic E-state index is 0. The Balaban J connectivity index is 0.00000533. The van der Waals surface area contributed by atoms with Crippen LogP contribution >= 0.6 is 0 Å². The zero-order chi connectivity index (χ0) is 28.1. The van der Waals surface area contributed by atoms with Crippen molar-refractivity contribution in [3.63, 3.8) is 0 Å². The lowest BCUT2D eigenvalue weighted by molar-refractivity contribution is -0.127. The van der Waals surface area contributed by atoms with Crippen molar-refractivity contribution in [1.82, 2.24) is 20.6 Å². The topological polar surface area (TPSA) is 152 Å². The summed E-state index contributed by atoms with van der Waals surface area (Å²) in [6.07, 6.45) is 0.349. The number of carbonyl (C=O) groups is 2. The molecule has 0 aliphatic rings. The van der Waals surface area contributed by atoms with Gasteiger partial charge in [0.1, 0.15) is 23.0 Å². The summed E-state index contributed by atoms with van der Waals surface area (Å²) >= 11 is 0. The van der Waals surface area contributed by atoms with Crippen LogP contribution in [0.2, 0.25) is 0 Å². The average molecular weight is 562 g/mol. The van der Waals surface area contributed by atoms with Gasteiger partial charge in [-0.15, -0.1) is 0 Å². The van der Waals surface area contributed by atoms with E-state index < -0.39 is 39.2 Å². The molecule has 1 aromatic heterocycles. The van der Waals surface area contributed by atoms with Crippen molar-refractivity contribution in [2.75, 3.05) is 17.6 Å². The van der Waals surface area contributed by atoms with E-state index in [0.29, 0.717) is 29.2 Å². The molecule has 0 bridgehead atoms. The summed E-state index contributed by atoms with van der Waals surface area (Å²) in [4.78, 5) is 33.3. The van der Waals surface area contributed by atoms with Gasteiger partial charge in [0.15, 0.2) is 0 Å². The predicted molar refractivity (Wildman–Crippen MR) is 152 cm³/mol. The molecule has 1 atom stereocenters. The Labute approximate surface area is 230 Å². The highest BCUT2D eigenvalue weighted by Crippen LogP contribution is 2.22. The zero-order valence-electron chi connectivity index (χ0n) is 22.4. The first kappa shape index (κ1) is 31.6. The molecule has 3 aromatic rings. The molecule has 1 heterocycles. The van der Waals surface area contributed by atoms with E-state index in [1.165, 1.54) is 0 Å². The second kappa shape index (κ2) is 12.5. The van der Waals surface area contributed by atoms with Crippen molar-refractivity contribution in [3.8, 4) is 0 Å². The van der Waals surface area contributed by atoms with Crippen LogP contribution in [0.3, 0.4) is 0 Å². The molecule has 2 aromatic carbocycles. The number of nitrogens with one attached hydrogen (secondary N) is 4. The third-order valence-electron chi connectivity index (χ3n) is 5.22. The number of aromatic nitrogens is 2. The van der Waals surface area contributed by atoms with E-state index in [2.05, 4.69) is 25.3 Å². The Morgan fingerprint density at radius 1 is 1.05 bits per heavy atom. The molecule has 0 spiro atoms. The number of alkyl carbamates (subject to hydrolysis) is 1. The van der Waals surface area contributed by atoms with Crippen molar-refractivity contribution in [2.45, 2.75) is 65.8 Å². The standard InChI is InChI=1S/C26H35N5O6S.CH4/c1-25(2,3)37-24(33)30-26(4,5)23(32)29-21(16-36-15-17-10-8-7-9-11-17)22-27-19-13-12-18(14-20(19)28-22)31-38(6,34)35;/h7-14,21,31H,15-16H2,1-6H3,(H,27,28)(H,29,32)(H,30,33);1H4/t21-;/m1./s1. The third kappa shape index (κ3) is 9.88. The minimum atomic E-state index is -3.45. The molecular formula is C27H39N5O6S. The van der Waals surface area contributed by atoms with Gasteiger partial charge in [-0.1, -0.05) is 37.8 Å². The summed E-state index contributed by atoms with van der Waals surface area (Å²) in [7, 11) is -3.45. The molecule has 4 N–H and O–H groups in total. The maximum atomic E-state index is 13.3. The van der Waals surface area contributed by atoms with E-state index >= 15 is 0 Å². The average Bonchev–Trinajstić information content (AvgIpc) is 3.19. The maximum absolute atomic E-state index is 13.3. The van der Waals surface area contributed by atoms with E-state index in [4.69, 9.17) is 9.47 Å². The first-order valence-corrected chi connectivity index (χ1v) is 13.9. The van der Waals surface area contributed by atoms with Gasteiger partial charge in [-0.25, -0.2) is 18.2 Å². The highest BCUT2D eigenvalue weighted by Gasteiger charge is 2.34. The molecule has 214 valence electrons. The van der Waals surface area contributed by atoms with Crippen LogP contribution in [0.4, 0.5) is 10.5 Å². The first-order valence-electron chi connectivity index (χ1n) is 12.0. The molecule has 0 radical (unpaired) electrons. The van der Waals surface area contributed by atoms with Gasteiger partial charge < -0.3 is 25.1 Å². The summed E-state index contributed by atoms with van der Waals surface area (Å²) in [5, 5.41) is 5.50. The lowest BCUT2D eigenvalue weighted by Crippen LogP contribution is -2.56. The third-order valence-corrected chi connectivity index (χ3v) is 5.82. The largest absolute Gasteiger partial charge is 0.444 e. The van der Waals surface area contributed by atoms with Crippen LogP contribution in [0.15, 0.2) is 48.5 Å². The van der Waals surface area contributed by atoms with Crippen molar-refractivity contribution < 1.29 is 27.5 Å². The maximum Gasteiger partial charge on any atom is 0.408 e. The van der Waals surface area contributed by atoms with Crippen LogP contribution in [0.25, 0.3) is 11.0 Å². The van der Waals surface area contributed by atoms with Gasteiger partial charge in [0, 0.05) is 0 Å². The summed E-state index contributed by atoms with van der Waals surface area (Å²) in [6.45, 7) is 8.73. The Hall–Kier alpha value is -3.64. The smallest absolute Gasteiger partial charge is 0.408 e. The second-order valence-electron chi connectivity index (χ2n) is 10.5. The number of H-pyrrole nitrogens is 1. The lowest BCUT2D eigenvalue weighted by atomic mass is 10.0. The molecule has 39 heavy (non-hydrogen) atoms. The Morgan fingerprint density at radius 3 is 2.33 bits per heavy atom. The normalized spacial score (nSPS) is 12.8. The molecule has 0 unspecified atom stereocenters. The van der Waals surface area contributed by atoms with Crippen molar-refractivity contribution in [3.05, 3.63) is 59.9 Å². The Morgan fingerprint density at radius 2 is 1.72 bits per heavy atom. The highest BCUT2D eigenvalue weighted by atomic mass is 32.2. The molecule has 0 saturated carbocycles. The SMILES string of the molecule is C.CC(C)(C)OC(=O)NC(C)(C)C(=O)N[C@H](COCc1ccccc1)c1nc2ccc(NS(C)(=O)=O)cc2[nH]1. The zero-order valence-corrected chi connectivity index (χ0v) is 23.2. The number of amides is 2. The van der Waals surface area contributed by atoms with Gasteiger partial charge in [0.05, 0.1) is 36.2 Å². The predicted octanol–water partition coefficient (Wildman–Crippen LogP) is 4.25. The molecule has 12 heteroatoms. The van der Waals surface area contributed by atoms with Crippen LogP contribution in [0.5, 0.6) is 0 Å². The molecule has 0 saturated heterocycles. The van der Waals surface area contributed by atoms with E-state index in [0.717, 1.165) is 11.8 Å². The van der Waals surface area contributed by atoms with Crippen LogP contribution in [0, 0.1) is 0 Å². The van der Waals surface area contributed by atoms with Crippen molar-refractivity contribution in [2.24, 2.45) is 0 Å². The summed E-state index contributed by atoms with van der Waals surface area (Å²) in [6, 6.07) is 13.8. The molecule has 0 aliphatic heterocycles. The first-order chi connectivity index (χ1) is 17.6. The van der Waals surface area contributed by atoms with E-state index in [1.807, 2.05) is 30.3 Å². The number of fused-ring (bicyclic) bond motifs is 1. The van der Waals surface area contributed by atoms with E-state index in [1.54, 1.807) is 52.8 Å². The molecule has 0 aliphatic carbocycles. The number of rotatable bonds is 10.